The first kappa shape index (κ1) is 23.9. The summed E-state index contributed by atoms with van der Waals surface area (Å²) in [6, 6.07) is 22.2. The number of halogens is 1. The molecular weight excluding hydrogens is 477 g/mol. The van der Waals surface area contributed by atoms with Gasteiger partial charge >= 0.3 is 11.9 Å². The molecule has 1 aliphatic rings. The fraction of sp³-hybridized carbons (Fsp3) is 0.207. The van der Waals surface area contributed by atoms with Crippen LogP contribution in [0.4, 0.5) is 4.39 Å². The number of carbonyl (C=O) groups is 2. The number of nitrogens with zero attached hydrogens (tertiary/aromatic N) is 1. The van der Waals surface area contributed by atoms with E-state index >= 15 is 0 Å². The van der Waals surface area contributed by atoms with Crippen LogP contribution in [-0.2, 0) is 20.7 Å². The lowest BCUT2D eigenvalue weighted by Gasteiger charge is -2.15. The van der Waals surface area contributed by atoms with Crippen LogP contribution in [0, 0.1) is 18.7 Å². The Morgan fingerprint density at radius 3 is 2.22 bits per heavy atom. The molecule has 0 amide bonds. The van der Waals surface area contributed by atoms with E-state index in [1.54, 1.807) is 12.1 Å². The van der Waals surface area contributed by atoms with Gasteiger partial charge in [-0.2, -0.15) is 0 Å². The molecule has 0 aliphatic heterocycles. The van der Waals surface area contributed by atoms with E-state index in [-0.39, 0.29) is 31.2 Å². The maximum atomic E-state index is 13.3. The normalized spacial score (nSPS) is 13.2. The van der Waals surface area contributed by atoms with Crippen LogP contribution in [0.1, 0.15) is 34.2 Å². The number of ether oxygens (including phenoxy) is 1. The number of fused-ring (bicyclic) bond motifs is 3. The Bertz CT molecular complexity index is 1380. The minimum absolute atomic E-state index is 0.0792. The molecule has 1 aromatic heterocycles. The third-order valence-electron chi connectivity index (χ3n) is 6.50. The Kier molecular flexibility index (Phi) is 6.65. The van der Waals surface area contributed by atoms with Crippen molar-refractivity contribution in [2.45, 2.75) is 25.7 Å². The van der Waals surface area contributed by atoms with Gasteiger partial charge in [0.1, 0.15) is 12.4 Å². The first-order chi connectivity index (χ1) is 17.4. The van der Waals surface area contributed by atoms with E-state index in [1.807, 2.05) is 43.3 Å². The van der Waals surface area contributed by atoms with Crippen molar-refractivity contribution in [2.24, 2.45) is 5.92 Å². The summed E-state index contributed by atoms with van der Waals surface area (Å²) in [6.07, 6.45) is -0.123. The molecule has 0 saturated heterocycles. The van der Waals surface area contributed by atoms with Crippen LogP contribution in [-0.4, -0.2) is 28.6 Å². The summed E-state index contributed by atoms with van der Waals surface area (Å²) in [5.74, 6) is -2.97. The Morgan fingerprint density at radius 2 is 1.61 bits per heavy atom. The smallest absolute Gasteiger partial charge is 0.307 e. The van der Waals surface area contributed by atoms with Crippen LogP contribution in [0.2, 0.25) is 0 Å². The standard InChI is InChI=1S/C29H24FNO4S/c1-17-28(18-10-12-20(30)13-11-18)36-26(31-17)14-19(29(33)34)15-27(32)35-16-25-23-8-4-2-6-21(23)22-7-3-5-9-24(22)25/h2-13,19,25H,14-16H2,1H3,(H,33,34)/t19-/m1/s1. The van der Waals surface area contributed by atoms with Gasteiger partial charge in [0.2, 0.25) is 0 Å². The number of carboxylic acids is 1. The Morgan fingerprint density at radius 1 is 1.00 bits per heavy atom. The first-order valence-electron chi connectivity index (χ1n) is 11.7. The summed E-state index contributed by atoms with van der Waals surface area (Å²) >= 11 is 1.36. The van der Waals surface area contributed by atoms with E-state index in [4.69, 9.17) is 4.74 Å². The highest BCUT2D eigenvalue weighted by molar-refractivity contribution is 7.15. The molecule has 7 heteroatoms. The van der Waals surface area contributed by atoms with E-state index in [1.165, 1.54) is 23.5 Å². The van der Waals surface area contributed by atoms with Gasteiger partial charge in [0, 0.05) is 12.3 Å². The van der Waals surface area contributed by atoms with E-state index in [2.05, 4.69) is 17.1 Å². The molecule has 3 aromatic carbocycles. The lowest BCUT2D eigenvalue weighted by Crippen LogP contribution is -2.22. The molecular formula is C29H24FNO4S. The zero-order valence-electron chi connectivity index (χ0n) is 19.6. The van der Waals surface area contributed by atoms with Crippen molar-refractivity contribution in [3.63, 3.8) is 0 Å². The van der Waals surface area contributed by atoms with Crippen LogP contribution < -0.4 is 0 Å². The molecule has 0 bridgehead atoms. The largest absolute Gasteiger partial charge is 0.481 e. The highest BCUT2D eigenvalue weighted by Crippen LogP contribution is 2.44. The third kappa shape index (κ3) is 4.79. The SMILES string of the molecule is Cc1nc(C[C@H](CC(=O)OCC2c3ccccc3-c3ccccc32)C(=O)O)sc1-c1ccc(F)cc1. The molecule has 1 atom stereocenters. The van der Waals surface area contributed by atoms with Crippen molar-refractivity contribution in [1.29, 1.82) is 0 Å². The van der Waals surface area contributed by atoms with E-state index in [0.29, 0.717) is 5.01 Å². The van der Waals surface area contributed by atoms with Crippen molar-refractivity contribution >= 4 is 23.3 Å². The summed E-state index contributed by atoms with van der Waals surface area (Å²) in [5.41, 5.74) is 6.04. The molecule has 1 N–H and O–H groups in total. The topological polar surface area (TPSA) is 76.5 Å². The zero-order valence-corrected chi connectivity index (χ0v) is 20.4. The van der Waals surface area contributed by atoms with E-state index in [0.717, 1.165) is 38.4 Å². The maximum Gasteiger partial charge on any atom is 0.307 e. The molecule has 0 radical (unpaired) electrons. The number of carboxylic acid groups (broad SMARTS) is 1. The number of benzene rings is 3. The number of hydrogen-bond donors (Lipinski definition) is 1. The minimum atomic E-state index is -1.07. The number of hydrogen-bond acceptors (Lipinski definition) is 5. The molecule has 5 rings (SSSR count). The number of aromatic nitrogens is 1. The number of esters is 1. The Labute approximate surface area is 212 Å². The second-order valence-corrected chi connectivity index (χ2v) is 9.97. The van der Waals surface area contributed by atoms with Gasteiger partial charge in [-0.3, -0.25) is 9.59 Å². The Hall–Kier alpha value is -3.84. The fourth-order valence-electron chi connectivity index (χ4n) is 4.74. The summed E-state index contributed by atoms with van der Waals surface area (Å²) in [4.78, 5) is 30.0. The van der Waals surface area contributed by atoms with Gasteiger partial charge in [0.25, 0.3) is 0 Å². The zero-order chi connectivity index (χ0) is 25.2. The predicted octanol–water partition coefficient (Wildman–Crippen LogP) is 6.25. The molecule has 1 aliphatic carbocycles. The predicted molar refractivity (Wildman–Crippen MR) is 136 cm³/mol. The summed E-state index contributed by atoms with van der Waals surface area (Å²) in [6.45, 7) is 1.99. The minimum Gasteiger partial charge on any atom is -0.481 e. The summed E-state index contributed by atoms with van der Waals surface area (Å²) in [5, 5.41) is 10.4. The molecule has 182 valence electrons. The first-order valence-corrected chi connectivity index (χ1v) is 12.5. The van der Waals surface area contributed by atoms with Crippen LogP contribution >= 0.6 is 11.3 Å². The van der Waals surface area contributed by atoms with Gasteiger partial charge in [-0.15, -0.1) is 11.3 Å². The lowest BCUT2D eigenvalue weighted by atomic mass is 9.98. The lowest BCUT2D eigenvalue weighted by molar-refractivity contribution is -0.151. The number of rotatable bonds is 8. The van der Waals surface area contributed by atoms with Crippen molar-refractivity contribution < 1.29 is 23.8 Å². The van der Waals surface area contributed by atoms with Crippen molar-refractivity contribution in [3.05, 3.63) is 100 Å². The number of carbonyl (C=O) groups excluding carboxylic acids is 1. The molecule has 1 heterocycles. The molecule has 4 aromatic rings. The highest BCUT2D eigenvalue weighted by atomic mass is 32.1. The molecule has 0 fully saturated rings. The maximum absolute atomic E-state index is 13.3. The quantitative estimate of drug-likeness (QED) is 0.289. The molecule has 36 heavy (non-hydrogen) atoms. The molecule has 0 saturated carbocycles. The second-order valence-electron chi connectivity index (χ2n) is 8.88. The van der Waals surface area contributed by atoms with Gasteiger partial charge in [-0.05, 0) is 46.9 Å². The fourth-order valence-corrected chi connectivity index (χ4v) is 5.89. The van der Waals surface area contributed by atoms with Crippen LogP contribution in [0.15, 0.2) is 72.8 Å². The summed E-state index contributed by atoms with van der Waals surface area (Å²) < 4.78 is 18.9. The van der Waals surface area contributed by atoms with E-state index < -0.39 is 17.9 Å². The van der Waals surface area contributed by atoms with Gasteiger partial charge < -0.3 is 9.84 Å². The van der Waals surface area contributed by atoms with Gasteiger partial charge in [-0.25, -0.2) is 9.37 Å². The third-order valence-corrected chi connectivity index (χ3v) is 7.73. The summed E-state index contributed by atoms with van der Waals surface area (Å²) in [7, 11) is 0. The van der Waals surface area contributed by atoms with Crippen LogP contribution in [0.25, 0.3) is 21.6 Å². The van der Waals surface area contributed by atoms with Crippen LogP contribution in [0.3, 0.4) is 0 Å². The van der Waals surface area contributed by atoms with Crippen molar-refractivity contribution in [3.8, 4) is 21.6 Å². The van der Waals surface area contributed by atoms with Gasteiger partial charge in [-0.1, -0.05) is 60.7 Å². The Balaban J connectivity index is 1.26. The van der Waals surface area contributed by atoms with Gasteiger partial charge in [0.05, 0.1) is 27.9 Å². The van der Waals surface area contributed by atoms with Gasteiger partial charge in [0.15, 0.2) is 0 Å². The molecule has 5 nitrogen and oxygen atoms in total. The van der Waals surface area contributed by atoms with Crippen molar-refractivity contribution in [1.82, 2.24) is 4.98 Å². The molecule has 0 unspecified atom stereocenters. The van der Waals surface area contributed by atoms with Crippen LogP contribution in [0.5, 0.6) is 0 Å². The second kappa shape index (κ2) is 10.0. The van der Waals surface area contributed by atoms with Crippen molar-refractivity contribution in [2.75, 3.05) is 6.61 Å². The average molecular weight is 502 g/mol. The highest BCUT2D eigenvalue weighted by Gasteiger charge is 2.30. The average Bonchev–Trinajstić information content (AvgIpc) is 3.40. The number of aliphatic carboxylic acids is 1. The molecule has 0 spiro atoms. The number of thiazole rings is 1. The number of aryl methyl sites for hydroxylation is 1. The monoisotopic (exact) mass is 501 g/mol. The van der Waals surface area contributed by atoms with E-state index in [9.17, 15) is 19.1 Å².